The van der Waals surface area contributed by atoms with Crippen LogP contribution < -0.4 is 10.3 Å². The highest BCUT2D eigenvalue weighted by Gasteiger charge is 2.16. The normalized spacial score (nSPS) is 11.5. The second-order valence-electron chi connectivity index (χ2n) is 9.14. The van der Waals surface area contributed by atoms with Crippen molar-refractivity contribution in [2.24, 2.45) is 0 Å². The molecular formula is C28H30BrN5O3S. The number of rotatable bonds is 13. The molecule has 0 saturated heterocycles. The largest absolute Gasteiger partial charge is 0.486 e. The van der Waals surface area contributed by atoms with Gasteiger partial charge < -0.3 is 18.7 Å². The van der Waals surface area contributed by atoms with Crippen LogP contribution in [0.2, 0.25) is 0 Å². The maximum Gasteiger partial charge on any atom is 0.294 e. The number of nitrogens with one attached hydrogen (secondary N) is 1. The van der Waals surface area contributed by atoms with Crippen LogP contribution in [0, 0.1) is 0 Å². The number of halogens is 1. The summed E-state index contributed by atoms with van der Waals surface area (Å²) in [7, 11) is 0. The van der Waals surface area contributed by atoms with E-state index in [1.807, 2.05) is 48.5 Å². The van der Waals surface area contributed by atoms with Crippen molar-refractivity contribution in [1.29, 1.82) is 0 Å². The van der Waals surface area contributed by atoms with Crippen molar-refractivity contribution >= 4 is 49.8 Å². The van der Waals surface area contributed by atoms with Gasteiger partial charge in [-0.25, -0.2) is 4.98 Å². The summed E-state index contributed by atoms with van der Waals surface area (Å²) in [6.07, 6.45) is 7.22. The molecule has 8 nitrogen and oxygen atoms in total. The SMILES string of the molecule is CCCCCCCCn1c(COc2ccc(Br)cc2)nnc1SCc1nc2c(oc3ccccc32)c(=O)[nH]1. The second kappa shape index (κ2) is 12.6. The van der Waals surface area contributed by atoms with Gasteiger partial charge in [-0.3, -0.25) is 4.79 Å². The molecule has 0 aliphatic rings. The van der Waals surface area contributed by atoms with Crippen molar-refractivity contribution in [3.63, 3.8) is 0 Å². The van der Waals surface area contributed by atoms with Crippen LogP contribution in [0.15, 0.2) is 67.4 Å². The molecule has 0 atom stereocenters. The number of unbranched alkanes of at least 4 members (excludes halogenated alkanes) is 5. The van der Waals surface area contributed by atoms with Crippen LogP contribution in [0.3, 0.4) is 0 Å². The molecule has 5 aromatic rings. The van der Waals surface area contributed by atoms with Crippen molar-refractivity contribution in [3.05, 3.63) is 75.0 Å². The lowest BCUT2D eigenvalue weighted by Gasteiger charge is -2.11. The first-order valence-electron chi connectivity index (χ1n) is 13.0. The molecule has 0 amide bonds. The average Bonchev–Trinajstić information content (AvgIpc) is 3.50. The molecule has 198 valence electrons. The van der Waals surface area contributed by atoms with Crippen molar-refractivity contribution in [2.75, 3.05) is 0 Å². The number of ether oxygens (including phenoxy) is 1. The molecule has 1 N–H and O–H groups in total. The number of thioether (sulfide) groups is 1. The Labute approximate surface area is 233 Å². The van der Waals surface area contributed by atoms with Gasteiger partial charge in [0.15, 0.2) is 11.0 Å². The zero-order chi connectivity index (χ0) is 26.3. The van der Waals surface area contributed by atoms with Crippen molar-refractivity contribution in [2.45, 2.75) is 69.5 Å². The highest BCUT2D eigenvalue weighted by Crippen LogP contribution is 2.27. The van der Waals surface area contributed by atoms with Crippen LogP contribution in [0.4, 0.5) is 0 Å². The molecule has 0 spiro atoms. The van der Waals surface area contributed by atoms with Gasteiger partial charge in [-0.2, -0.15) is 0 Å². The molecule has 0 aliphatic carbocycles. The van der Waals surface area contributed by atoms with E-state index in [9.17, 15) is 4.79 Å². The summed E-state index contributed by atoms with van der Waals surface area (Å²) < 4.78 is 14.8. The molecule has 0 saturated carbocycles. The summed E-state index contributed by atoms with van der Waals surface area (Å²) in [6.45, 7) is 3.37. The minimum Gasteiger partial charge on any atom is -0.486 e. The third-order valence-electron chi connectivity index (χ3n) is 6.33. The first-order chi connectivity index (χ1) is 18.6. The monoisotopic (exact) mass is 595 g/mol. The Kier molecular flexibility index (Phi) is 8.80. The van der Waals surface area contributed by atoms with Crippen LogP contribution in [0.1, 0.15) is 57.1 Å². The zero-order valence-electron chi connectivity index (χ0n) is 21.3. The van der Waals surface area contributed by atoms with Gasteiger partial charge in [0.25, 0.3) is 5.56 Å². The minimum atomic E-state index is -0.279. The first-order valence-corrected chi connectivity index (χ1v) is 14.7. The van der Waals surface area contributed by atoms with Crippen LogP contribution in [-0.2, 0) is 18.9 Å². The van der Waals surface area contributed by atoms with E-state index < -0.39 is 0 Å². The number of aromatic amines is 1. The van der Waals surface area contributed by atoms with E-state index in [1.54, 1.807) is 0 Å². The van der Waals surface area contributed by atoms with E-state index in [2.05, 4.69) is 42.6 Å². The number of nitrogens with zero attached hydrogens (tertiary/aromatic N) is 4. The number of para-hydroxylation sites is 1. The maximum atomic E-state index is 12.7. The molecule has 0 bridgehead atoms. The maximum absolute atomic E-state index is 12.7. The molecule has 5 rings (SSSR count). The summed E-state index contributed by atoms with van der Waals surface area (Å²) in [5.41, 5.74) is 1.20. The second-order valence-corrected chi connectivity index (χ2v) is 11.0. The predicted octanol–water partition coefficient (Wildman–Crippen LogP) is 7.26. The first kappa shape index (κ1) is 26.5. The number of fused-ring (bicyclic) bond motifs is 3. The highest BCUT2D eigenvalue weighted by atomic mass is 79.9. The minimum absolute atomic E-state index is 0.249. The number of hydrogen-bond acceptors (Lipinski definition) is 7. The molecule has 0 unspecified atom stereocenters. The fourth-order valence-corrected chi connectivity index (χ4v) is 5.45. The lowest BCUT2D eigenvalue weighted by Crippen LogP contribution is -2.11. The standard InChI is InChI=1S/C28H30BrN5O3S/c1-2-3-4-5-6-9-16-34-24(17-36-20-14-12-19(29)13-15-20)32-33-28(34)38-18-23-30-25-21-10-7-8-11-22(21)37-26(25)27(35)31-23/h7-8,10-15H,2-6,9,16-18H2,1H3,(H,30,31,35). The van der Waals surface area contributed by atoms with Crippen LogP contribution in [0.5, 0.6) is 5.75 Å². The van der Waals surface area contributed by atoms with E-state index in [0.717, 1.165) is 46.0 Å². The Balaban J connectivity index is 1.32. The van der Waals surface area contributed by atoms with Gasteiger partial charge in [0.1, 0.15) is 29.3 Å². The molecule has 0 radical (unpaired) electrons. The fraction of sp³-hybridized carbons (Fsp3) is 0.357. The van der Waals surface area contributed by atoms with Crippen LogP contribution in [-0.4, -0.2) is 24.7 Å². The van der Waals surface area contributed by atoms with Gasteiger partial charge in [0.2, 0.25) is 5.58 Å². The van der Waals surface area contributed by atoms with E-state index >= 15 is 0 Å². The molecule has 2 aromatic carbocycles. The Hall–Kier alpha value is -3.11. The van der Waals surface area contributed by atoms with Crippen LogP contribution >= 0.6 is 27.7 Å². The molecule has 3 heterocycles. The van der Waals surface area contributed by atoms with Gasteiger partial charge in [-0.15, -0.1) is 10.2 Å². The Morgan fingerprint density at radius 2 is 1.82 bits per heavy atom. The Morgan fingerprint density at radius 1 is 1.03 bits per heavy atom. The van der Waals surface area contributed by atoms with Gasteiger partial charge in [-0.05, 0) is 42.8 Å². The number of H-pyrrole nitrogens is 1. The van der Waals surface area contributed by atoms with Crippen molar-refractivity contribution in [1.82, 2.24) is 24.7 Å². The molecule has 0 aliphatic heterocycles. The zero-order valence-corrected chi connectivity index (χ0v) is 23.7. The summed E-state index contributed by atoms with van der Waals surface area (Å²) in [6, 6.07) is 15.3. The van der Waals surface area contributed by atoms with Gasteiger partial charge in [-0.1, -0.05) is 78.9 Å². The van der Waals surface area contributed by atoms with Gasteiger partial charge in [0.05, 0.1) is 5.75 Å². The molecule has 38 heavy (non-hydrogen) atoms. The van der Waals surface area contributed by atoms with Gasteiger partial charge >= 0.3 is 0 Å². The summed E-state index contributed by atoms with van der Waals surface area (Å²) in [5, 5.41) is 10.5. The van der Waals surface area contributed by atoms with Crippen molar-refractivity contribution in [3.8, 4) is 5.75 Å². The average molecular weight is 597 g/mol. The molecular weight excluding hydrogens is 566 g/mol. The number of hydrogen-bond donors (Lipinski definition) is 1. The quantitative estimate of drug-likeness (QED) is 0.113. The third-order valence-corrected chi connectivity index (χ3v) is 7.84. The fourth-order valence-electron chi connectivity index (χ4n) is 4.33. The topological polar surface area (TPSA) is 98.8 Å². The van der Waals surface area contributed by atoms with E-state index in [-0.39, 0.29) is 11.1 Å². The summed E-state index contributed by atoms with van der Waals surface area (Å²) >= 11 is 4.96. The van der Waals surface area contributed by atoms with E-state index in [1.165, 1.54) is 37.4 Å². The number of furan rings is 1. The lowest BCUT2D eigenvalue weighted by atomic mass is 10.1. The smallest absolute Gasteiger partial charge is 0.294 e. The molecule has 3 aromatic heterocycles. The summed E-state index contributed by atoms with van der Waals surface area (Å²) in [4.78, 5) is 20.3. The predicted molar refractivity (Wildman–Crippen MR) is 154 cm³/mol. The number of benzene rings is 2. The van der Waals surface area contributed by atoms with Crippen molar-refractivity contribution < 1.29 is 9.15 Å². The van der Waals surface area contributed by atoms with E-state index in [4.69, 9.17) is 14.1 Å². The van der Waals surface area contributed by atoms with Gasteiger partial charge in [0, 0.05) is 16.4 Å². The summed E-state index contributed by atoms with van der Waals surface area (Å²) in [5.74, 6) is 2.58. The van der Waals surface area contributed by atoms with Crippen LogP contribution in [0.25, 0.3) is 22.1 Å². The van der Waals surface area contributed by atoms with E-state index in [0.29, 0.717) is 29.3 Å². The lowest BCUT2D eigenvalue weighted by molar-refractivity contribution is 0.286. The Morgan fingerprint density at radius 3 is 2.66 bits per heavy atom. The Bertz CT molecular complexity index is 1560. The molecule has 10 heteroatoms. The third kappa shape index (κ3) is 6.30. The highest BCUT2D eigenvalue weighted by molar-refractivity contribution is 9.10. The number of aromatic nitrogens is 5. The molecule has 0 fully saturated rings.